The molecule has 3 heterocycles. The molecule has 32 heavy (non-hydrogen) atoms. The molecule has 1 atom stereocenters. The van der Waals surface area contributed by atoms with E-state index in [2.05, 4.69) is 20.4 Å². The number of nitrogens with zero attached hydrogens (tertiary/aromatic N) is 4. The summed E-state index contributed by atoms with van der Waals surface area (Å²) in [7, 11) is 1.51. The Balaban J connectivity index is 1.42. The minimum absolute atomic E-state index is 0.00928. The highest BCUT2D eigenvalue weighted by Crippen LogP contribution is 2.31. The maximum atomic E-state index is 12.9. The third-order valence-electron chi connectivity index (χ3n) is 5.48. The standard InChI is InChI=1S/C23H25N5O4/c1-15-18(23(30)26-16-7-4-3-5-8-16)14-24-22(25-15)19-9-6-12-28(19)21(29)11-10-17-13-20(31-2)27-32-17/h3-5,7-8,13-14,19H,6,9-12H2,1-2H3,(H,26,30). The summed E-state index contributed by atoms with van der Waals surface area (Å²) in [4.78, 5) is 36.3. The molecule has 0 bridgehead atoms. The van der Waals surface area contributed by atoms with Crippen LogP contribution in [-0.4, -0.2) is 45.5 Å². The molecule has 9 heteroatoms. The van der Waals surface area contributed by atoms with Crippen molar-refractivity contribution in [3.05, 3.63) is 65.4 Å². The normalized spacial score (nSPS) is 15.6. The highest BCUT2D eigenvalue weighted by Gasteiger charge is 2.32. The lowest BCUT2D eigenvalue weighted by Crippen LogP contribution is -2.32. The van der Waals surface area contributed by atoms with Crippen molar-refractivity contribution in [1.82, 2.24) is 20.0 Å². The smallest absolute Gasteiger partial charge is 0.259 e. The molecule has 0 spiro atoms. The van der Waals surface area contributed by atoms with Crippen LogP contribution in [-0.2, 0) is 11.2 Å². The molecule has 1 aliphatic rings. The first kappa shape index (κ1) is 21.5. The molecule has 1 saturated heterocycles. The lowest BCUT2D eigenvalue weighted by molar-refractivity contribution is -0.132. The summed E-state index contributed by atoms with van der Waals surface area (Å²) in [5.41, 5.74) is 1.70. The number of aromatic nitrogens is 3. The van der Waals surface area contributed by atoms with Crippen molar-refractivity contribution in [3.8, 4) is 5.88 Å². The highest BCUT2D eigenvalue weighted by molar-refractivity contribution is 6.04. The highest BCUT2D eigenvalue weighted by atomic mass is 16.5. The van der Waals surface area contributed by atoms with Crippen molar-refractivity contribution in [2.75, 3.05) is 19.0 Å². The van der Waals surface area contributed by atoms with Crippen LogP contribution in [0.25, 0.3) is 0 Å². The number of anilines is 1. The molecule has 4 rings (SSSR count). The van der Waals surface area contributed by atoms with Crippen LogP contribution >= 0.6 is 0 Å². The average Bonchev–Trinajstić information content (AvgIpc) is 3.47. The van der Waals surface area contributed by atoms with E-state index in [1.807, 2.05) is 35.2 Å². The number of ether oxygens (including phenoxy) is 1. The minimum Gasteiger partial charge on any atom is -0.479 e. The van der Waals surface area contributed by atoms with Gasteiger partial charge in [0.1, 0.15) is 5.76 Å². The van der Waals surface area contributed by atoms with Gasteiger partial charge in [0, 0.05) is 37.3 Å². The fourth-order valence-corrected chi connectivity index (χ4v) is 3.80. The molecule has 9 nitrogen and oxygen atoms in total. The van der Waals surface area contributed by atoms with E-state index < -0.39 is 0 Å². The van der Waals surface area contributed by atoms with Gasteiger partial charge in [-0.3, -0.25) is 9.59 Å². The molecule has 0 radical (unpaired) electrons. The molecule has 1 aliphatic heterocycles. The number of para-hydroxylation sites is 1. The number of carbonyl (C=O) groups is 2. The first-order chi connectivity index (χ1) is 15.5. The number of aryl methyl sites for hydroxylation is 2. The molecule has 0 aliphatic carbocycles. The fourth-order valence-electron chi connectivity index (χ4n) is 3.80. The monoisotopic (exact) mass is 435 g/mol. The van der Waals surface area contributed by atoms with Gasteiger partial charge in [-0.2, -0.15) is 0 Å². The zero-order valence-corrected chi connectivity index (χ0v) is 18.1. The maximum Gasteiger partial charge on any atom is 0.259 e. The van der Waals surface area contributed by atoms with Gasteiger partial charge in [-0.05, 0) is 37.1 Å². The van der Waals surface area contributed by atoms with Gasteiger partial charge in [-0.15, -0.1) is 0 Å². The lowest BCUT2D eigenvalue weighted by atomic mass is 10.1. The van der Waals surface area contributed by atoms with Crippen LogP contribution in [0.3, 0.4) is 0 Å². The predicted octanol–water partition coefficient (Wildman–Crippen LogP) is 3.33. The quantitative estimate of drug-likeness (QED) is 0.606. The molecule has 1 unspecified atom stereocenters. The summed E-state index contributed by atoms with van der Waals surface area (Å²) < 4.78 is 10.2. The van der Waals surface area contributed by atoms with Crippen molar-refractivity contribution < 1.29 is 18.8 Å². The van der Waals surface area contributed by atoms with E-state index in [0.29, 0.717) is 53.8 Å². The summed E-state index contributed by atoms with van der Waals surface area (Å²) in [5.74, 6) is 1.31. The summed E-state index contributed by atoms with van der Waals surface area (Å²) in [6.45, 7) is 2.44. The molecule has 166 valence electrons. The molecule has 2 aromatic heterocycles. The van der Waals surface area contributed by atoms with Gasteiger partial charge < -0.3 is 19.5 Å². The Bertz CT molecular complexity index is 1100. The minimum atomic E-state index is -0.262. The van der Waals surface area contributed by atoms with Crippen molar-refractivity contribution in [1.29, 1.82) is 0 Å². The van der Waals surface area contributed by atoms with Crippen LogP contribution in [0.4, 0.5) is 5.69 Å². The van der Waals surface area contributed by atoms with E-state index in [4.69, 9.17) is 9.26 Å². The van der Waals surface area contributed by atoms with Crippen molar-refractivity contribution in [3.63, 3.8) is 0 Å². The van der Waals surface area contributed by atoms with E-state index in [1.165, 1.54) is 13.3 Å². The topological polar surface area (TPSA) is 110 Å². The van der Waals surface area contributed by atoms with Crippen molar-refractivity contribution in [2.45, 2.75) is 38.6 Å². The average molecular weight is 435 g/mol. The number of amides is 2. The van der Waals surface area contributed by atoms with Crippen LogP contribution in [0.2, 0.25) is 0 Å². The third-order valence-corrected chi connectivity index (χ3v) is 5.48. The molecule has 3 aromatic rings. The van der Waals surface area contributed by atoms with E-state index >= 15 is 0 Å². The SMILES string of the molecule is COc1cc(CCC(=O)N2CCCC2c2ncc(C(=O)Nc3ccccc3)c(C)n2)on1. The molecular weight excluding hydrogens is 410 g/mol. The number of likely N-dealkylation sites (tertiary alicyclic amines) is 1. The van der Waals surface area contributed by atoms with Gasteiger partial charge in [0.25, 0.3) is 11.8 Å². The van der Waals surface area contributed by atoms with E-state index in [9.17, 15) is 9.59 Å². The Morgan fingerprint density at radius 1 is 1.28 bits per heavy atom. The predicted molar refractivity (Wildman–Crippen MR) is 116 cm³/mol. The molecule has 1 fully saturated rings. The Kier molecular flexibility index (Phi) is 6.44. The van der Waals surface area contributed by atoms with Gasteiger partial charge in [0.05, 0.1) is 24.4 Å². The summed E-state index contributed by atoms with van der Waals surface area (Å²) in [6, 6.07) is 10.7. The van der Waals surface area contributed by atoms with E-state index in [-0.39, 0.29) is 17.9 Å². The van der Waals surface area contributed by atoms with E-state index in [1.54, 1.807) is 13.0 Å². The van der Waals surface area contributed by atoms with Crippen molar-refractivity contribution in [2.24, 2.45) is 0 Å². The number of carbonyl (C=O) groups excluding carboxylic acids is 2. The fraction of sp³-hybridized carbons (Fsp3) is 0.348. The number of methoxy groups -OCH3 is 1. The van der Waals surface area contributed by atoms with Crippen LogP contribution in [0.15, 0.2) is 47.1 Å². The second kappa shape index (κ2) is 9.59. The molecule has 1 N–H and O–H groups in total. The van der Waals surface area contributed by atoms with Crippen LogP contribution in [0.1, 0.15) is 52.9 Å². The number of benzene rings is 1. The first-order valence-corrected chi connectivity index (χ1v) is 10.5. The zero-order valence-electron chi connectivity index (χ0n) is 18.1. The second-order valence-corrected chi connectivity index (χ2v) is 7.63. The Labute approximate surface area is 185 Å². The molecule has 1 aromatic carbocycles. The summed E-state index contributed by atoms with van der Waals surface area (Å²) in [6.07, 6.45) is 3.95. The van der Waals surface area contributed by atoms with Gasteiger partial charge >= 0.3 is 0 Å². The number of hydrogen-bond donors (Lipinski definition) is 1. The van der Waals surface area contributed by atoms with Crippen LogP contribution < -0.4 is 10.1 Å². The second-order valence-electron chi connectivity index (χ2n) is 7.63. The van der Waals surface area contributed by atoms with Crippen LogP contribution in [0, 0.1) is 6.92 Å². The third kappa shape index (κ3) is 4.77. The maximum absolute atomic E-state index is 12.9. The Morgan fingerprint density at radius 2 is 2.09 bits per heavy atom. The van der Waals surface area contributed by atoms with Gasteiger partial charge in [0.2, 0.25) is 5.91 Å². The molecular formula is C23H25N5O4. The first-order valence-electron chi connectivity index (χ1n) is 10.5. The number of hydrogen-bond acceptors (Lipinski definition) is 7. The van der Waals surface area contributed by atoms with Crippen LogP contribution in [0.5, 0.6) is 5.88 Å². The van der Waals surface area contributed by atoms with Gasteiger partial charge in [0.15, 0.2) is 5.82 Å². The largest absolute Gasteiger partial charge is 0.479 e. The lowest BCUT2D eigenvalue weighted by Gasteiger charge is -2.24. The summed E-state index contributed by atoms with van der Waals surface area (Å²) in [5, 5.41) is 6.60. The zero-order chi connectivity index (χ0) is 22.5. The van der Waals surface area contributed by atoms with Gasteiger partial charge in [-0.1, -0.05) is 18.2 Å². The van der Waals surface area contributed by atoms with E-state index in [0.717, 1.165) is 12.8 Å². The number of nitrogens with one attached hydrogen (secondary N) is 1. The van der Waals surface area contributed by atoms with Crippen molar-refractivity contribution >= 4 is 17.5 Å². The Morgan fingerprint density at radius 3 is 2.81 bits per heavy atom. The van der Waals surface area contributed by atoms with Gasteiger partial charge in [-0.25, -0.2) is 9.97 Å². The Hall–Kier alpha value is -3.75. The molecule has 2 amide bonds. The molecule has 0 saturated carbocycles. The number of rotatable bonds is 7. The summed E-state index contributed by atoms with van der Waals surface area (Å²) >= 11 is 0.